The van der Waals surface area contributed by atoms with Crippen LogP contribution in [0, 0.1) is 12.3 Å². The van der Waals surface area contributed by atoms with E-state index in [2.05, 4.69) is 20.9 Å². The van der Waals surface area contributed by atoms with Crippen LogP contribution >= 0.6 is 11.6 Å². The molecule has 0 radical (unpaired) electrons. The van der Waals surface area contributed by atoms with E-state index in [1.54, 1.807) is 35.2 Å². The molecule has 0 amide bonds. The van der Waals surface area contributed by atoms with Crippen LogP contribution in [-0.2, 0) is 25.5 Å². The summed E-state index contributed by atoms with van der Waals surface area (Å²) in [6.45, 7) is -0.319. The standard InChI is InChI=1S/C26H26ClN5O9/c1-2-25(39)16(12-40-26(22(35)36,23(37)38)10-14-6-4-3-5-7-14)41-21(18(25)34)32-13-28-17-19(29-24(27)30-20(17)32)31-9-8-15(31)11-33/h1,3-7,13,15-16,18,21,33-34,39H,8-12H2,(H,35,36)(H,37,38)/t15?,16-,18+,21-,25-/m1/s1. The lowest BCUT2D eigenvalue weighted by Crippen LogP contribution is -2.55. The molecule has 3 aromatic rings. The quantitative estimate of drug-likeness (QED) is 0.119. The molecule has 14 nitrogen and oxygen atoms in total. The van der Waals surface area contributed by atoms with Crippen molar-refractivity contribution in [3.05, 3.63) is 47.5 Å². The Labute approximate surface area is 237 Å². The minimum atomic E-state index is -2.75. The number of aliphatic hydroxyl groups excluding tert-OH is 2. The summed E-state index contributed by atoms with van der Waals surface area (Å²) in [5.74, 6) is -1.12. The highest BCUT2D eigenvalue weighted by Crippen LogP contribution is 2.40. The van der Waals surface area contributed by atoms with Crippen molar-refractivity contribution < 1.29 is 44.6 Å². The molecule has 1 aromatic carbocycles. The third-order valence-corrected chi connectivity index (χ3v) is 7.66. The van der Waals surface area contributed by atoms with Gasteiger partial charge in [0.2, 0.25) is 5.28 Å². The summed E-state index contributed by atoms with van der Waals surface area (Å²) < 4.78 is 12.6. The van der Waals surface area contributed by atoms with Gasteiger partial charge in [0, 0.05) is 13.0 Å². The van der Waals surface area contributed by atoms with Crippen LogP contribution in [0.5, 0.6) is 0 Å². The van der Waals surface area contributed by atoms with Crippen molar-refractivity contribution in [1.29, 1.82) is 0 Å². The molecule has 2 aliphatic heterocycles. The number of rotatable bonds is 10. The SMILES string of the molecule is C#C[C@@]1(O)[C@@H](COC(Cc2ccccc2)(C(=O)O)C(=O)O)O[C@@H](n2cnc3c(N4CCC4CO)nc(Cl)nc32)[C@@H]1O. The lowest BCUT2D eigenvalue weighted by molar-refractivity contribution is -0.191. The first-order valence-electron chi connectivity index (χ1n) is 12.5. The molecule has 4 heterocycles. The average Bonchev–Trinajstić information content (AvgIpc) is 3.45. The fourth-order valence-electron chi connectivity index (χ4n) is 5.01. The van der Waals surface area contributed by atoms with Gasteiger partial charge in [0.05, 0.1) is 25.6 Å². The number of hydrogen-bond acceptors (Lipinski definition) is 11. The Hall–Kier alpha value is -3.84. The topological polar surface area (TPSA) is 201 Å². The smallest absolute Gasteiger partial charge is 0.348 e. The van der Waals surface area contributed by atoms with Crippen LogP contribution in [0.4, 0.5) is 5.82 Å². The highest BCUT2D eigenvalue weighted by atomic mass is 35.5. The highest BCUT2D eigenvalue weighted by Gasteiger charge is 2.58. The van der Waals surface area contributed by atoms with E-state index < -0.39 is 54.6 Å². The summed E-state index contributed by atoms with van der Waals surface area (Å²) in [6.07, 6.45) is 2.27. The minimum Gasteiger partial charge on any atom is -0.479 e. The summed E-state index contributed by atoms with van der Waals surface area (Å²) >= 11 is 6.18. The van der Waals surface area contributed by atoms with Crippen molar-refractivity contribution in [2.75, 3.05) is 24.7 Å². The summed E-state index contributed by atoms with van der Waals surface area (Å²) in [5, 5.41) is 51.6. The predicted molar refractivity (Wildman–Crippen MR) is 141 cm³/mol. The van der Waals surface area contributed by atoms with Crippen molar-refractivity contribution in [2.24, 2.45) is 0 Å². The zero-order valence-corrected chi connectivity index (χ0v) is 22.1. The maximum absolute atomic E-state index is 12.2. The molecular weight excluding hydrogens is 562 g/mol. The van der Waals surface area contributed by atoms with Crippen molar-refractivity contribution in [2.45, 2.75) is 48.5 Å². The summed E-state index contributed by atoms with van der Waals surface area (Å²) in [5.41, 5.74) is -4.39. The number of benzene rings is 1. The average molecular weight is 588 g/mol. The van der Waals surface area contributed by atoms with Gasteiger partial charge in [-0.05, 0) is 23.6 Å². The monoisotopic (exact) mass is 587 g/mol. The number of ether oxygens (including phenoxy) is 2. The van der Waals surface area contributed by atoms with Crippen LogP contribution in [0.25, 0.3) is 11.2 Å². The van der Waals surface area contributed by atoms with E-state index in [0.29, 0.717) is 17.9 Å². The Bertz CT molecular complexity index is 1500. The predicted octanol–water partition coefficient (Wildman–Crippen LogP) is -0.159. The van der Waals surface area contributed by atoms with E-state index in [-0.39, 0.29) is 29.1 Å². The molecule has 0 aliphatic carbocycles. The minimum absolute atomic E-state index is 0.108. The van der Waals surface area contributed by atoms with Gasteiger partial charge in [-0.25, -0.2) is 14.6 Å². The number of carbonyl (C=O) groups is 2. The maximum atomic E-state index is 12.2. The summed E-state index contributed by atoms with van der Waals surface area (Å²) in [7, 11) is 0. The lowest BCUT2D eigenvalue weighted by atomic mass is 9.92. The van der Waals surface area contributed by atoms with Gasteiger partial charge >= 0.3 is 11.9 Å². The van der Waals surface area contributed by atoms with Crippen molar-refractivity contribution >= 4 is 40.5 Å². The number of aromatic nitrogens is 4. The molecule has 0 bridgehead atoms. The number of aliphatic carboxylic acids is 2. The molecular formula is C26H26ClN5O9. The Morgan fingerprint density at radius 2 is 1.95 bits per heavy atom. The van der Waals surface area contributed by atoms with E-state index in [1.165, 1.54) is 10.9 Å². The highest BCUT2D eigenvalue weighted by molar-refractivity contribution is 6.28. The number of hydrogen-bond donors (Lipinski definition) is 5. The third kappa shape index (κ3) is 4.76. The van der Waals surface area contributed by atoms with Crippen LogP contribution in [0.3, 0.4) is 0 Å². The molecule has 5 N–H and O–H groups in total. The molecule has 2 fully saturated rings. The second-order valence-corrected chi connectivity index (χ2v) is 10.1. The zero-order valence-electron chi connectivity index (χ0n) is 21.4. The fourth-order valence-corrected chi connectivity index (χ4v) is 5.17. The maximum Gasteiger partial charge on any atom is 0.348 e. The molecule has 2 aromatic heterocycles. The molecule has 1 unspecified atom stereocenters. The van der Waals surface area contributed by atoms with Gasteiger partial charge in [-0.2, -0.15) is 9.97 Å². The van der Waals surface area contributed by atoms with Gasteiger partial charge in [-0.3, -0.25) is 4.57 Å². The number of imidazole rings is 1. The van der Waals surface area contributed by atoms with E-state index in [4.69, 9.17) is 27.5 Å². The van der Waals surface area contributed by atoms with E-state index >= 15 is 0 Å². The largest absolute Gasteiger partial charge is 0.479 e. The van der Waals surface area contributed by atoms with Gasteiger partial charge in [0.25, 0.3) is 5.60 Å². The van der Waals surface area contributed by atoms with Crippen molar-refractivity contribution in [1.82, 2.24) is 19.5 Å². The van der Waals surface area contributed by atoms with Crippen LogP contribution in [0.15, 0.2) is 36.7 Å². The molecule has 2 saturated heterocycles. The van der Waals surface area contributed by atoms with Gasteiger partial charge in [0.1, 0.15) is 12.2 Å². The first-order chi connectivity index (χ1) is 19.6. The molecule has 41 heavy (non-hydrogen) atoms. The zero-order chi connectivity index (χ0) is 29.5. The molecule has 0 saturated carbocycles. The Balaban J connectivity index is 1.45. The first kappa shape index (κ1) is 28.7. The fraction of sp³-hybridized carbons (Fsp3) is 0.423. The van der Waals surface area contributed by atoms with Crippen LogP contribution in [-0.4, -0.2) is 106 Å². The Kier molecular flexibility index (Phi) is 7.60. The third-order valence-electron chi connectivity index (χ3n) is 7.49. The number of aliphatic hydroxyl groups is 3. The molecule has 15 heteroatoms. The molecule has 5 rings (SSSR count). The van der Waals surface area contributed by atoms with E-state index in [9.17, 15) is 35.1 Å². The number of nitrogens with zero attached hydrogens (tertiary/aromatic N) is 5. The molecule has 216 valence electrons. The van der Waals surface area contributed by atoms with Crippen LogP contribution in [0.1, 0.15) is 18.2 Å². The van der Waals surface area contributed by atoms with Crippen molar-refractivity contribution in [3.63, 3.8) is 0 Å². The summed E-state index contributed by atoms with van der Waals surface area (Å²) in [6, 6.07) is 7.82. The number of halogens is 1. The van der Waals surface area contributed by atoms with Crippen molar-refractivity contribution in [3.8, 4) is 12.3 Å². The number of terminal acetylenes is 1. The number of anilines is 1. The normalized spacial score (nSPS) is 26.1. The second-order valence-electron chi connectivity index (χ2n) is 9.80. The second kappa shape index (κ2) is 10.9. The number of fused-ring (bicyclic) bond motifs is 1. The van der Waals surface area contributed by atoms with E-state index in [0.717, 1.165) is 6.42 Å². The van der Waals surface area contributed by atoms with Crippen LogP contribution < -0.4 is 4.90 Å². The van der Waals surface area contributed by atoms with Gasteiger partial charge in [-0.15, -0.1) is 6.42 Å². The Morgan fingerprint density at radius 1 is 1.24 bits per heavy atom. The number of carboxylic acid groups (broad SMARTS) is 2. The Morgan fingerprint density at radius 3 is 2.54 bits per heavy atom. The van der Waals surface area contributed by atoms with Gasteiger partial charge in [0.15, 0.2) is 28.8 Å². The molecule has 5 atom stereocenters. The van der Waals surface area contributed by atoms with Gasteiger partial charge in [-0.1, -0.05) is 36.3 Å². The molecule has 0 spiro atoms. The van der Waals surface area contributed by atoms with Gasteiger partial charge < -0.3 is 39.9 Å². The first-order valence-corrected chi connectivity index (χ1v) is 12.9. The lowest BCUT2D eigenvalue weighted by Gasteiger charge is -2.40. The molecule has 2 aliphatic rings. The van der Waals surface area contributed by atoms with Crippen LogP contribution in [0.2, 0.25) is 5.28 Å². The summed E-state index contributed by atoms with van der Waals surface area (Å²) in [4.78, 5) is 39.0. The van der Waals surface area contributed by atoms with E-state index in [1.807, 2.05) is 0 Å². The number of carboxylic acids is 2.